The van der Waals surface area contributed by atoms with E-state index >= 15 is 0 Å². The van der Waals surface area contributed by atoms with E-state index < -0.39 is 10.0 Å². The average Bonchev–Trinajstić information content (AvgIpc) is 2.85. The summed E-state index contributed by atoms with van der Waals surface area (Å²) < 4.78 is 27.5. The van der Waals surface area contributed by atoms with E-state index in [1.807, 2.05) is 0 Å². The van der Waals surface area contributed by atoms with Gasteiger partial charge < -0.3 is 5.32 Å². The summed E-state index contributed by atoms with van der Waals surface area (Å²) in [7, 11) is -3.54. The summed E-state index contributed by atoms with van der Waals surface area (Å²) in [5, 5.41) is 3.55. The predicted octanol–water partition coefficient (Wildman–Crippen LogP) is 2.94. The molecule has 114 valence electrons. The van der Waals surface area contributed by atoms with Crippen LogP contribution in [0.3, 0.4) is 0 Å². The molecule has 1 atom stereocenters. The minimum Gasteiger partial charge on any atom is -0.314 e. The maximum atomic E-state index is 12.1. The van der Waals surface area contributed by atoms with Crippen LogP contribution in [0.15, 0.2) is 27.6 Å². The van der Waals surface area contributed by atoms with Crippen LogP contribution in [0.5, 0.6) is 0 Å². The maximum absolute atomic E-state index is 12.1. The molecule has 1 heterocycles. The molecule has 1 aromatic rings. The minimum absolute atomic E-state index is 0. The summed E-state index contributed by atoms with van der Waals surface area (Å²) >= 11 is 9.23. The molecule has 0 unspecified atom stereocenters. The molecule has 20 heavy (non-hydrogen) atoms. The Morgan fingerprint density at radius 1 is 1.45 bits per heavy atom. The van der Waals surface area contributed by atoms with Crippen molar-refractivity contribution in [2.24, 2.45) is 0 Å². The average molecular weight is 404 g/mol. The summed E-state index contributed by atoms with van der Waals surface area (Å²) in [5.41, 5.74) is 0. The summed E-state index contributed by atoms with van der Waals surface area (Å²) in [6.07, 6.45) is 3.07. The molecule has 0 aliphatic carbocycles. The third-order valence-corrected chi connectivity index (χ3v) is 6.06. The molecule has 1 aromatic carbocycles. The molecule has 2 rings (SSSR count). The number of hydrogen-bond donors (Lipinski definition) is 2. The highest BCUT2D eigenvalue weighted by Crippen LogP contribution is 2.29. The maximum Gasteiger partial charge on any atom is 0.242 e. The summed E-state index contributed by atoms with van der Waals surface area (Å²) in [6, 6.07) is 5.29. The van der Waals surface area contributed by atoms with Crippen molar-refractivity contribution in [2.45, 2.75) is 30.2 Å². The Morgan fingerprint density at radius 2 is 2.20 bits per heavy atom. The quantitative estimate of drug-likeness (QED) is 0.794. The molecule has 1 saturated heterocycles. The Balaban J connectivity index is 0.00000200. The summed E-state index contributed by atoms with van der Waals surface area (Å²) in [4.78, 5) is 0.114. The Morgan fingerprint density at radius 3 is 2.85 bits per heavy atom. The fraction of sp³-hybridized carbons (Fsp3) is 0.500. The molecule has 1 aliphatic rings. The van der Waals surface area contributed by atoms with Crippen LogP contribution < -0.4 is 10.0 Å². The molecule has 0 amide bonds. The van der Waals surface area contributed by atoms with E-state index in [9.17, 15) is 8.42 Å². The lowest BCUT2D eigenvalue weighted by Gasteiger charge is -2.12. The van der Waals surface area contributed by atoms with Gasteiger partial charge in [0.2, 0.25) is 10.0 Å². The fourth-order valence-corrected chi connectivity index (χ4v) is 4.21. The van der Waals surface area contributed by atoms with Gasteiger partial charge in [-0.25, -0.2) is 13.1 Å². The lowest BCUT2D eigenvalue weighted by molar-refractivity contribution is 0.539. The molecule has 0 aromatic heterocycles. The molecule has 1 fully saturated rings. The van der Waals surface area contributed by atoms with Gasteiger partial charge in [0.25, 0.3) is 0 Å². The first-order chi connectivity index (χ1) is 9.00. The molecule has 8 heteroatoms. The van der Waals surface area contributed by atoms with Gasteiger partial charge in [-0.2, -0.15) is 0 Å². The van der Waals surface area contributed by atoms with Crippen molar-refractivity contribution in [3.63, 3.8) is 0 Å². The first kappa shape index (κ1) is 18.2. The van der Waals surface area contributed by atoms with Crippen LogP contribution in [0, 0.1) is 0 Å². The van der Waals surface area contributed by atoms with E-state index in [1.165, 1.54) is 6.07 Å². The lowest BCUT2D eigenvalue weighted by atomic mass is 10.2. The third-order valence-electron chi connectivity index (χ3n) is 3.15. The topological polar surface area (TPSA) is 58.2 Å². The molecule has 0 bridgehead atoms. The Bertz CT molecular complexity index is 548. The highest BCUT2D eigenvalue weighted by Gasteiger charge is 2.20. The summed E-state index contributed by atoms with van der Waals surface area (Å²) in [6.45, 7) is 1.44. The number of halogens is 3. The molecule has 2 N–H and O–H groups in total. The van der Waals surface area contributed by atoms with Gasteiger partial charge in [-0.05, 0) is 53.9 Å². The zero-order chi connectivity index (χ0) is 13.9. The first-order valence-corrected chi connectivity index (χ1v) is 8.83. The molecule has 0 spiro atoms. The third kappa shape index (κ3) is 4.58. The SMILES string of the molecule is Cl.O=S(=O)(NCC[C@H]1CCCN1)c1cccc(Br)c1Cl. The van der Waals surface area contributed by atoms with Crippen molar-refractivity contribution >= 4 is 50.0 Å². The van der Waals surface area contributed by atoms with Gasteiger partial charge in [0.15, 0.2) is 0 Å². The van der Waals surface area contributed by atoms with E-state index in [-0.39, 0.29) is 22.3 Å². The van der Waals surface area contributed by atoms with Crippen LogP contribution >= 0.6 is 39.9 Å². The second-order valence-electron chi connectivity index (χ2n) is 4.53. The monoisotopic (exact) mass is 402 g/mol. The number of rotatable bonds is 5. The highest BCUT2D eigenvalue weighted by atomic mass is 79.9. The van der Waals surface area contributed by atoms with Crippen molar-refractivity contribution < 1.29 is 8.42 Å². The predicted molar refractivity (Wildman–Crippen MR) is 87.2 cm³/mol. The molecule has 0 saturated carbocycles. The normalized spacial score (nSPS) is 18.8. The highest BCUT2D eigenvalue weighted by molar-refractivity contribution is 9.10. The lowest BCUT2D eigenvalue weighted by Crippen LogP contribution is -2.30. The number of nitrogens with one attached hydrogen (secondary N) is 2. The van der Waals surface area contributed by atoms with E-state index in [4.69, 9.17) is 11.6 Å². The van der Waals surface area contributed by atoms with Crippen LogP contribution in [-0.4, -0.2) is 27.5 Å². The fourth-order valence-electron chi connectivity index (χ4n) is 2.14. The van der Waals surface area contributed by atoms with Gasteiger partial charge in [0, 0.05) is 17.1 Å². The molecular formula is C12H17BrCl2N2O2S. The summed E-state index contributed by atoms with van der Waals surface area (Å²) in [5.74, 6) is 0. The number of benzene rings is 1. The van der Waals surface area contributed by atoms with E-state index in [2.05, 4.69) is 26.0 Å². The van der Waals surface area contributed by atoms with Crippen LogP contribution in [0.2, 0.25) is 5.02 Å². The van der Waals surface area contributed by atoms with Crippen molar-refractivity contribution in [3.05, 3.63) is 27.7 Å². The van der Waals surface area contributed by atoms with Crippen molar-refractivity contribution in [2.75, 3.05) is 13.1 Å². The van der Waals surface area contributed by atoms with Crippen LogP contribution in [0.4, 0.5) is 0 Å². The van der Waals surface area contributed by atoms with Gasteiger partial charge in [-0.1, -0.05) is 17.7 Å². The van der Waals surface area contributed by atoms with Crippen LogP contribution in [-0.2, 0) is 10.0 Å². The zero-order valence-corrected chi connectivity index (χ0v) is 14.7. The van der Waals surface area contributed by atoms with Crippen molar-refractivity contribution in [1.82, 2.24) is 10.0 Å². The molecule has 4 nitrogen and oxygen atoms in total. The minimum atomic E-state index is -3.54. The second-order valence-corrected chi connectivity index (χ2v) is 7.50. The Hall–Kier alpha value is 0.150. The van der Waals surface area contributed by atoms with Gasteiger partial charge >= 0.3 is 0 Å². The van der Waals surface area contributed by atoms with Gasteiger partial charge in [0.05, 0.1) is 5.02 Å². The first-order valence-electron chi connectivity index (χ1n) is 6.18. The number of hydrogen-bond acceptors (Lipinski definition) is 3. The Labute approximate surface area is 139 Å². The smallest absolute Gasteiger partial charge is 0.242 e. The Kier molecular flexibility index (Phi) is 7.24. The molecule has 1 aliphatic heterocycles. The van der Waals surface area contributed by atoms with Crippen LogP contribution in [0.25, 0.3) is 0 Å². The van der Waals surface area contributed by atoms with E-state index in [0.717, 1.165) is 25.8 Å². The standard InChI is InChI=1S/C12H16BrClN2O2S.ClH/c13-10-4-1-5-11(12(10)14)19(17,18)16-8-6-9-3-2-7-15-9;/h1,4-5,9,15-16H,2-3,6-8H2;1H/t9-;/m1./s1. The largest absolute Gasteiger partial charge is 0.314 e. The van der Waals surface area contributed by atoms with Crippen molar-refractivity contribution in [3.8, 4) is 0 Å². The van der Waals surface area contributed by atoms with Crippen molar-refractivity contribution in [1.29, 1.82) is 0 Å². The molecule has 0 radical (unpaired) electrons. The number of sulfonamides is 1. The van der Waals surface area contributed by atoms with E-state index in [0.29, 0.717) is 17.1 Å². The van der Waals surface area contributed by atoms with Gasteiger partial charge in [0.1, 0.15) is 4.90 Å². The van der Waals surface area contributed by atoms with Gasteiger partial charge in [-0.15, -0.1) is 12.4 Å². The van der Waals surface area contributed by atoms with E-state index in [1.54, 1.807) is 12.1 Å². The second kappa shape index (κ2) is 7.96. The van der Waals surface area contributed by atoms with Crippen LogP contribution in [0.1, 0.15) is 19.3 Å². The zero-order valence-electron chi connectivity index (χ0n) is 10.7. The molecular weight excluding hydrogens is 387 g/mol. The van der Waals surface area contributed by atoms with Gasteiger partial charge in [-0.3, -0.25) is 0 Å².